The van der Waals surface area contributed by atoms with Crippen molar-refractivity contribution < 1.29 is 14.7 Å². The highest BCUT2D eigenvalue weighted by Gasteiger charge is 2.29. The molecule has 1 atom stereocenters. The molecule has 0 bridgehead atoms. The first kappa shape index (κ1) is 19.4. The molecule has 1 aliphatic rings. The van der Waals surface area contributed by atoms with Crippen molar-refractivity contribution in [2.45, 2.75) is 73.0 Å². The maximum absolute atomic E-state index is 11.0. The summed E-state index contributed by atoms with van der Waals surface area (Å²) in [6.45, 7) is 13.0. The SMILES string of the molecule is CC.CC(=O)C1CCCN1C(C)=O.CC(C)(C)O. The number of likely N-dealkylation sites (tertiary alicyclic amines) is 1. The fourth-order valence-corrected chi connectivity index (χ4v) is 1.57. The topological polar surface area (TPSA) is 57.6 Å². The van der Waals surface area contributed by atoms with E-state index >= 15 is 0 Å². The summed E-state index contributed by atoms with van der Waals surface area (Å²) in [5.41, 5.74) is -0.500. The van der Waals surface area contributed by atoms with E-state index in [-0.39, 0.29) is 17.7 Å². The van der Waals surface area contributed by atoms with Crippen LogP contribution in [0.25, 0.3) is 0 Å². The Bertz CT molecular complexity index is 230. The summed E-state index contributed by atoms with van der Waals surface area (Å²) < 4.78 is 0. The number of rotatable bonds is 1. The zero-order chi connectivity index (χ0) is 14.9. The van der Waals surface area contributed by atoms with E-state index in [9.17, 15) is 9.59 Å². The molecule has 0 saturated carbocycles. The Morgan fingerprint density at radius 2 is 1.56 bits per heavy atom. The summed E-state index contributed by atoms with van der Waals surface area (Å²) >= 11 is 0. The first-order valence-electron chi connectivity index (χ1n) is 6.63. The molecule has 1 N–H and O–H groups in total. The number of Topliss-reactive ketones (excluding diaryl/α,β-unsaturated/α-hetero) is 1. The molecule has 4 nitrogen and oxygen atoms in total. The molecule has 0 aromatic carbocycles. The average Bonchev–Trinajstić information content (AvgIpc) is 2.66. The van der Waals surface area contributed by atoms with E-state index in [0.29, 0.717) is 0 Å². The van der Waals surface area contributed by atoms with Gasteiger partial charge in [-0.25, -0.2) is 0 Å². The molecule has 0 spiro atoms. The Hall–Kier alpha value is -0.900. The molecule has 0 radical (unpaired) electrons. The number of hydrogen-bond acceptors (Lipinski definition) is 3. The number of aliphatic hydroxyl groups is 1. The Labute approximate surface area is 111 Å². The largest absolute Gasteiger partial charge is 0.391 e. The lowest BCUT2D eigenvalue weighted by atomic mass is 10.1. The summed E-state index contributed by atoms with van der Waals surface area (Å²) in [4.78, 5) is 23.6. The summed E-state index contributed by atoms with van der Waals surface area (Å²) in [6.07, 6.45) is 1.80. The van der Waals surface area contributed by atoms with Crippen LogP contribution in [0.5, 0.6) is 0 Å². The van der Waals surface area contributed by atoms with Crippen LogP contribution < -0.4 is 0 Å². The third-order valence-electron chi connectivity index (χ3n) is 2.13. The fraction of sp³-hybridized carbons (Fsp3) is 0.857. The molecule has 1 amide bonds. The predicted octanol–water partition coefficient (Wildman–Crippen LogP) is 2.39. The van der Waals surface area contributed by atoms with Gasteiger partial charge in [0.2, 0.25) is 5.91 Å². The van der Waals surface area contributed by atoms with E-state index in [2.05, 4.69) is 0 Å². The van der Waals surface area contributed by atoms with Crippen LogP contribution in [-0.2, 0) is 9.59 Å². The van der Waals surface area contributed by atoms with E-state index in [1.54, 1.807) is 32.6 Å². The van der Waals surface area contributed by atoms with Gasteiger partial charge in [0.15, 0.2) is 5.78 Å². The monoisotopic (exact) mass is 259 g/mol. The predicted molar refractivity (Wildman–Crippen MR) is 74.4 cm³/mol. The van der Waals surface area contributed by atoms with E-state index in [1.807, 2.05) is 13.8 Å². The Balaban J connectivity index is 0. The van der Waals surface area contributed by atoms with E-state index < -0.39 is 5.60 Å². The second-order valence-corrected chi connectivity index (χ2v) is 5.15. The molecule has 108 valence electrons. The molecule has 18 heavy (non-hydrogen) atoms. The molecule has 0 aliphatic carbocycles. The van der Waals surface area contributed by atoms with Gasteiger partial charge in [0.05, 0.1) is 11.6 Å². The van der Waals surface area contributed by atoms with Crippen LogP contribution in [0.1, 0.15) is 61.3 Å². The number of hydrogen-bond donors (Lipinski definition) is 1. The van der Waals surface area contributed by atoms with Crippen molar-refractivity contribution in [1.29, 1.82) is 0 Å². The summed E-state index contributed by atoms with van der Waals surface area (Å²) in [5, 5.41) is 8.52. The molecule has 0 aromatic heterocycles. The van der Waals surface area contributed by atoms with E-state index in [0.717, 1.165) is 19.4 Å². The second-order valence-electron chi connectivity index (χ2n) is 5.15. The molecule has 1 fully saturated rings. The molecule has 1 aliphatic heterocycles. The Morgan fingerprint density at radius 1 is 1.17 bits per heavy atom. The number of carbonyl (C=O) groups excluding carboxylic acids is 2. The van der Waals surface area contributed by atoms with Crippen LogP contribution in [0.2, 0.25) is 0 Å². The van der Waals surface area contributed by atoms with E-state index in [4.69, 9.17) is 5.11 Å². The van der Waals surface area contributed by atoms with Crippen molar-refractivity contribution in [3.05, 3.63) is 0 Å². The molecule has 4 heteroatoms. The average molecular weight is 259 g/mol. The minimum absolute atomic E-state index is 0.0164. The van der Waals surface area contributed by atoms with Crippen molar-refractivity contribution in [3.63, 3.8) is 0 Å². The standard InChI is InChI=1S/C8H13NO2.C4H10O.C2H6/c1-6(10)8-4-3-5-9(8)7(2)11;1-4(2,3)5;1-2/h8H,3-5H2,1-2H3;5H,1-3H3;1-2H3. The first-order valence-corrected chi connectivity index (χ1v) is 6.63. The third kappa shape index (κ3) is 10.3. The minimum atomic E-state index is -0.500. The molecule has 1 unspecified atom stereocenters. The lowest BCUT2D eigenvalue weighted by Crippen LogP contribution is -2.37. The van der Waals surface area contributed by atoms with Gasteiger partial charge in [-0.05, 0) is 40.5 Å². The lowest BCUT2D eigenvalue weighted by Gasteiger charge is -2.20. The van der Waals surface area contributed by atoms with Crippen molar-refractivity contribution in [2.75, 3.05) is 6.54 Å². The summed E-state index contributed by atoms with van der Waals surface area (Å²) in [7, 11) is 0. The molecular weight excluding hydrogens is 230 g/mol. The summed E-state index contributed by atoms with van der Waals surface area (Å²) in [6, 6.07) is -0.132. The van der Waals surface area contributed by atoms with Crippen molar-refractivity contribution in [3.8, 4) is 0 Å². The highest BCUT2D eigenvalue weighted by molar-refractivity contribution is 5.87. The maximum Gasteiger partial charge on any atom is 0.220 e. The van der Waals surface area contributed by atoms with Gasteiger partial charge in [-0.15, -0.1) is 0 Å². The van der Waals surface area contributed by atoms with Gasteiger partial charge >= 0.3 is 0 Å². The number of nitrogens with zero attached hydrogens (tertiary/aromatic N) is 1. The van der Waals surface area contributed by atoms with Gasteiger partial charge < -0.3 is 10.0 Å². The fourth-order valence-electron chi connectivity index (χ4n) is 1.57. The lowest BCUT2D eigenvalue weighted by molar-refractivity contribution is -0.135. The van der Waals surface area contributed by atoms with Crippen LogP contribution in [0.4, 0.5) is 0 Å². The summed E-state index contributed by atoms with van der Waals surface area (Å²) in [5.74, 6) is 0.125. The molecular formula is C14H29NO3. The van der Waals surface area contributed by atoms with Crippen LogP contribution in [0.3, 0.4) is 0 Å². The van der Waals surface area contributed by atoms with Gasteiger partial charge in [0, 0.05) is 13.5 Å². The third-order valence-corrected chi connectivity index (χ3v) is 2.13. The zero-order valence-corrected chi connectivity index (χ0v) is 12.9. The van der Waals surface area contributed by atoms with Gasteiger partial charge in [-0.2, -0.15) is 0 Å². The number of carbonyl (C=O) groups is 2. The quantitative estimate of drug-likeness (QED) is 0.786. The van der Waals surface area contributed by atoms with Gasteiger partial charge in [-0.3, -0.25) is 9.59 Å². The van der Waals surface area contributed by atoms with Crippen LogP contribution in [-0.4, -0.2) is 39.9 Å². The molecule has 1 heterocycles. The molecule has 1 rings (SSSR count). The van der Waals surface area contributed by atoms with Crippen LogP contribution in [0.15, 0.2) is 0 Å². The number of amides is 1. The van der Waals surface area contributed by atoms with Crippen LogP contribution in [0, 0.1) is 0 Å². The minimum Gasteiger partial charge on any atom is -0.391 e. The van der Waals surface area contributed by atoms with Crippen molar-refractivity contribution in [2.24, 2.45) is 0 Å². The Morgan fingerprint density at radius 3 is 1.78 bits per heavy atom. The van der Waals surface area contributed by atoms with Gasteiger partial charge in [0.1, 0.15) is 0 Å². The first-order chi connectivity index (χ1) is 8.13. The number of ketones is 1. The highest BCUT2D eigenvalue weighted by atomic mass is 16.3. The normalized spacial score (nSPS) is 18.2. The zero-order valence-electron chi connectivity index (χ0n) is 12.9. The van der Waals surface area contributed by atoms with Crippen molar-refractivity contribution in [1.82, 2.24) is 4.90 Å². The van der Waals surface area contributed by atoms with E-state index in [1.165, 1.54) is 6.92 Å². The van der Waals surface area contributed by atoms with Gasteiger partial charge in [0.25, 0.3) is 0 Å². The van der Waals surface area contributed by atoms with Crippen LogP contribution >= 0.6 is 0 Å². The second kappa shape index (κ2) is 9.09. The van der Waals surface area contributed by atoms with Gasteiger partial charge in [-0.1, -0.05) is 13.8 Å². The molecule has 1 saturated heterocycles. The smallest absolute Gasteiger partial charge is 0.220 e. The molecule has 0 aromatic rings. The highest BCUT2D eigenvalue weighted by Crippen LogP contribution is 2.17. The Kier molecular flexibility index (Phi) is 9.81. The maximum atomic E-state index is 11.0. The van der Waals surface area contributed by atoms with Crippen molar-refractivity contribution >= 4 is 11.7 Å².